The van der Waals surface area contributed by atoms with Gasteiger partial charge >= 0.3 is 5.63 Å². The number of halogens is 1. The lowest BCUT2D eigenvalue weighted by atomic mass is 10.0. The third-order valence-electron chi connectivity index (χ3n) is 5.90. The highest BCUT2D eigenvalue weighted by Crippen LogP contribution is 2.42. The third kappa shape index (κ3) is 2.47. The van der Waals surface area contributed by atoms with Gasteiger partial charge in [-0.3, -0.25) is 0 Å². The van der Waals surface area contributed by atoms with E-state index in [0.717, 1.165) is 47.0 Å². The van der Waals surface area contributed by atoms with E-state index in [1.54, 1.807) is 0 Å². The number of fused-ring (bicyclic) bond motifs is 5. The average Bonchev–Trinajstić information content (AvgIpc) is 3.16. The van der Waals surface area contributed by atoms with Gasteiger partial charge in [0.2, 0.25) is 0 Å². The molecule has 0 bridgehead atoms. The van der Waals surface area contributed by atoms with Crippen molar-refractivity contribution in [1.82, 2.24) is 0 Å². The zero-order chi connectivity index (χ0) is 18.7. The highest BCUT2D eigenvalue weighted by Gasteiger charge is 2.28. The van der Waals surface area contributed by atoms with Gasteiger partial charge in [0.25, 0.3) is 0 Å². The number of anilines is 1. The van der Waals surface area contributed by atoms with Crippen molar-refractivity contribution in [2.45, 2.75) is 39.7 Å². The van der Waals surface area contributed by atoms with Crippen LogP contribution in [0.4, 0.5) is 5.69 Å². The fourth-order valence-corrected chi connectivity index (χ4v) is 4.62. The number of nitrogens with zero attached hydrogens (tertiary/aromatic N) is 1. The van der Waals surface area contributed by atoms with Crippen molar-refractivity contribution < 1.29 is 9.15 Å². The van der Waals surface area contributed by atoms with Crippen molar-refractivity contribution in [3.63, 3.8) is 0 Å². The van der Waals surface area contributed by atoms with Crippen molar-refractivity contribution in [3.05, 3.63) is 67.5 Å². The molecule has 0 fully saturated rings. The predicted octanol–water partition coefficient (Wildman–Crippen LogP) is 4.91. The van der Waals surface area contributed by atoms with Gasteiger partial charge < -0.3 is 14.1 Å². The van der Waals surface area contributed by atoms with Gasteiger partial charge in [0.15, 0.2) is 6.73 Å². The minimum absolute atomic E-state index is 0.219. The van der Waals surface area contributed by atoms with Crippen LogP contribution in [-0.2, 0) is 19.4 Å². The molecule has 0 N–H and O–H groups in total. The van der Waals surface area contributed by atoms with Crippen molar-refractivity contribution >= 4 is 28.3 Å². The molecule has 5 rings (SSSR count). The van der Waals surface area contributed by atoms with Crippen molar-refractivity contribution in [2.24, 2.45) is 0 Å². The zero-order valence-electron chi connectivity index (χ0n) is 15.4. The molecule has 0 saturated heterocycles. The van der Waals surface area contributed by atoms with Gasteiger partial charge in [-0.2, -0.15) is 0 Å². The van der Waals surface area contributed by atoms with Crippen LogP contribution >= 0.6 is 11.6 Å². The molecule has 0 amide bonds. The molecule has 2 heterocycles. The summed E-state index contributed by atoms with van der Waals surface area (Å²) in [6.45, 7) is 5.23. The van der Waals surface area contributed by atoms with Crippen LogP contribution in [0.5, 0.6) is 5.75 Å². The second-order valence-corrected chi connectivity index (χ2v) is 7.84. The number of hydrogen-bond donors (Lipinski definition) is 0. The van der Waals surface area contributed by atoms with E-state index in [1.807, 2.05) is 6.07 Å². The molecule has 1 aliphatic heterocycles. The van der Waals surface area contributed by atoms with E-state index in [-0.39, 0.29) is 5.63 Å². The Balaban J connectivity index is 1.70. The summed E-state index contributed by atoms with van der Waals surface area (Å²) in [6.07, 6.45) is 2.67. The first-order valence-corrected chi connectivity index (χ1v) is 9.66. The largest absolute Gasteiger partial charge is 0.471 e. The summed E-state index contributed by atoms with van der Waals surface area (Å²) >= 11 is 6.55. The second kappa shape index (κ2) is 6.03. The fourth-order valence-electron chi connectivity index (χ4n) is 4.34. The molecule has 0 unspecified atom stereocenters. The zero-order valence-corrected chi connectivity index (χ0v) is 16.2. The summed E-state index contributed by atoms with van der Waals surface area (Å²) in [7, 11) is 0. The van der Waals surface area contributed by atoms with Gasteiger partial charge in [-0.25, -0.2) is 4.79 Å². The van der Waals surface area contributed by atoms with Gasteiger partial charge in [0, 0.05) is 16.6 Å². The van der Waals surface area contributed by atoms with Crippen LogP contribution in [0, 0.1) is 13.8 Å². The van der Waals surface area contributed by atoms with Gasteiger partial charge in [0.05, 0.1) is 17.1 Å². The molecule has 27 heavy (non-hydrogen) atoms. The van der Waals surface area contributed by atoms with Crippen LogP contribution in [0.2, 0.25) is 5.02 Å². The van der Waals surface area contributed by atoms with Crippen LogP contribution in [0.25, 0.3) is 11.0 Å². The minimum atomic E-state index is -0.219. The number of hydrogen-bond acceptors (Lipinski definition) is 4. The monoisotopic (exact) mass is 381 g/mol. The lowest BCUT2D eigenvalue weighted by Gasteiger charge is -2.33. The molecular formula is C22H20ClNO3. The molecule has 3 aromatic rings. The summed E-state index contributed by atoms with van der Waals surface area (Å²) in [5.41, 5.74) is 6.74. The molecule has 2 aromatic carbocycles. The standard InChI is InChI=1S/C22H20ClNO3/c1-12-5-3-8-19(13(12)2)24-10-17-20-16(9-18(23)21(17)26-11-24)14-6-4-7-15(14)22(25)27-20/h3,5,8-9H,4,6-7,10-11H2,1-2H3. The lowest BCUT2D eigenvalue weighted by Crippen LogP contribution is -2.33. The molecule has 0 saturated carbocycles. The van der Waals surface area contributed by atoms with Crippen LogP contribution in [0.1, 0.15) is 34.2 Å². The van der Waals surface area contributed by atoms with E-state index >= 15 is 0 Å². The quantitative estimate of drug-likeness (QED) is 0.562. The number of aryl methyl sites for hydroxylation is 2. The fraction of sp³-hybridized carbons (Fsp3) is 0.318. The highest BCUT2D eigenvalue weighted by molar-refractivity contribution is 6.33. The molecule has 4 nitrogen and oxygen atoms in total. The van der Waals surface area contributed by atoms with Crippen LogP contribution < -0.4 is 15.3 Å². The number of ether oxygens (including phenoxy) is 1. The van der Waals surface area contributed by atoms with Crippen molar-refractivity contribution in [2.75, 3.05) is 11.6 Å². The summed E-state index contributed by atoms with van der Waals surface area (Å²) in [6, 6.07) is 8.15. The first kappa shape index (κ1) is 16.7. The molecule has 1 aromatic heterocycles. The summed E-state index contributed by atoms with van der Waals surface area (Å²) in [5, 5.41) is 1.54. The van der Waals surface area contributed by atoms with Gasteiger partial charge in [-0.15, -0.1) is 0 Å². The average molecular weight is 382 g/mol. The van der Waals surface area contributed by atoms with Crippen LogP contribution in [0.15, 0.2) is 33.5 Å². The molecule has 0 radical (unpaired) electrons. The Bertz CT molecular complexity index is 1150. The smallest absolute Gasteiger partial charge is 0.339 e. The third-order valence-corrected chi connectivity index (χ3v) is 6.18. The molecule has 138 valence electrons. The maximum absolute atomic E-state index is 12.5. The van der Waals surface area contributed by atoms with Crippen molar-refractivity contribution in [1.29, 1.82) is 0 Å². The SMILES string of the molecule is Cc1cccc(N2COc3c(Cl)cc4c5c(c(=O)oc4c3C2)CCC5)c1C. The van der Waals surface area contributed by atoms with Crippen LogP contribution in [0.3, 0.4) is 0 Å². The summed E-state index contributed by atoms with van der Waals surface area (Å²) in [4.78, 5) is 14.7. The molecule has 0 spiro atoms. The van der Waals surface area contributed by atoms with Gasteiger partial charge in [-0.05, 0) is 61.9 Å². The first-order chi connectivity index (χ1) is 13.0. The Morgan fingerprint density at radius 3 is 2.78 bits per heavy atom. The normalized spacial score (nSPS) is 15.6. The van der Waals surface area contributed by atoms with E-state index in [2.05, 4.69) is 36.9 Å². The molecular weight excluding hydrogens is 362 g/mol. The van der Waals surface area contributed by atoms with Crippen molar-refractivity contribution in [3.8, 4) is 5.75 Å². The summed E-state index contributed by atoms with van der Waals surface area (Å²) in [5.74, 6) is 0.631. The Morgan fingerprint density at radius 2 is 1.93 bits per heavy atom. The van der Waals surface area contributed by atoms with E-state index < -0.39 is 0 Å². The topological polar surface area (TPSA) is 42.7 Å². The highest BCUT2D eigenvalue weighted by atomic mass is 35.5. The van der Waals surface area contributed by atoms with Gasteiger partial charge in [0.1, 0.15) is 11.3 Å². The first-order valence-electron chi connectivity index (χ1n) is 9.28. The Hall–Kier alpha value is -2.46. The van der Waals surface area contributed by atoms with E-state index in [4.69, 9.17) is 20.8 Å². The van der Waals surface area contributed by atoms with Gasteiger partial charge in [-0.1, -0.05) is 23.7 Å². The maximum atomic E-state index is 12.5. The molecule has 5 heteroatoms. The predicted molar refractivity (Wildman–Crippen MR) is 107 cm³/mol. The van der Waals surface area contributed by atoms with E-state index in [1.165, 1.54) is 11.1 Å². The number of benzene rings is 2. The second-order valence-electron chi connectivity index (χ2n) is 7.43. The number of rotatable bonds is 1. The summed E-state index contributed by atoms with van der Waals surface area (Å²) < 4.78 is 11.8. The Labute approximate surface area is 162 Å². The molecule has 2 aliphatic rings. The Kier molecular flexibility index (Phi) is 3.73. The maximum Gasteiger partial charge on any atom is 0.339 e. The Morgan fingerprint density at radius 1 is 1.11 bits per heavy atom. The van der Waals surface area contributed by atoms with E-state index in [0.29, 0.717) is 29.6 Å². The van der Waals surface area contributed by atoms with Crippen LogP contribution in [-0.4, -0.2) is 6.73 Å². The molecule has 0 atom stereocenters. The molecule has 1 aliphatic carbocycles. The minimum Gasteiger partial charge on any atom is -0.471 e. The lowest BCUT2D eigenvalue weighted by molar-refractivity contribution is 0.289. The van der Waals surface area contributed by atoms with E-state index in [9.17, 15) is 4.79 Å².